The van der Waals surface area contributed by atoms with Crippen molar-refractivity contribution in [2.45, 2.75) is 19.8 Å². The Morgan fingerprint density at radius 3 is 2.67 bits per heavy atom. The van der Waals surface area contributed by atoms with Crippen LogP contribution >= 0.6 is 0 Å². The van der Waals surface area contributed by atoms with Crippen molar-refractivity contribution >= 4 is 23.3 Å². The molecular formula is C22H20N2O6. The highest BCUT2D eigenvalue weighted by Gasteiger charge is 2.18. The number of anilines is 1. The second kappa shape index (κ2) is 9.51. The van der Waals surface area contributed by atoms with Crippen LogP contribution in [0.5, 0.6) is 0 Å². The molecule has 8 heteroatoms. The van der Waals surface area contributed by atoms with Crippen molar-refractivity contribution in [3.8, 4) is 11.3 Å². The van der Waals surface area contributed by atoms with Crippen molar-refractivity contribution in [1.29, 1.82) is 0 Å². The highest BCUT2D eigenvalue weighted by atomic mass is 16.6. The number of carbonyl (C=O) groups excluding carboxylic acids is 2. The lowest BCUT2D eigenvalue weighted by molar-refractivity contribution is -0.384. The van der Waals surface area contributed by atoms with E-state index in [-0.39, 0.29) is 17.0 Å². The molecule has 2 aromatic carbocycles. The van der Waals surface area contributed by atoms with E-state index in [2.05, 4.69) is 5.32 Å². The molecule has 3 rings (SSSR count). The van der Waals surface area contributed by atoms with E-state index in [0.29, 0.717) is 23.6 Å². The standard InChI is InChI=1S/C22H20N2O6/c1-2-3-13-29-22(26)17-9-4-5-10-18(17)23-21(25)20-12-11-19(30-20)15-7-6-8-16(14-15)24(27)28/h4-12,14H,2-3,13H2,1H3,(H,23,25). The van der Waals surface area contributed by atoms with Gasteiger partial charge in [-0.3, -0.25) is 14.9 Å². The number of non-ortho nitro benzene ring substituents is 1. The first kappa shape index (κ1) is 20.8. The van der Waals surface area contributed by atoms with E-state index in [1.165, 1.54) is 24.3 Å². The third-order valence-corrected chi connectivity index (χ3v) is 4.30. The number of nitro groups is 1. The maximum Gasteiger partial charge on any atom is 0.340 e. The molecule has 0 unspecified atom stereocenters. The Morgan fingerprint density at radius 1 is 1.10 bits per heavy atom. The van der Waals surface area contributed by atoms with E-state index in [9.17, 15) is 19.7 Å². The molecule has 0 spiro atoms. The van der Waals surface area contributed by atoms with Crippen LogP contribution in [0.4, 0.5) is 11.4 Å². The second-order valence-electron chi connectivity index (χ2n) is 6.46. The van der Waals surface area contributed by atoms with Gasteiger partial charge in [-0.05, 0) is 30.7 Å². The summed E-state index contributed by atoms with van der Waals surface area (Å²) in [4.78, 5) is 35.3. The fraction of sp³-hybridized carbons (Fsp3) is 0.182. The Kier molecular flexibility index (Phi) is 6.59. The van der Waals surface area contributed by atoms with Gasteiger partial charge in [-0.15, -0.1) is 0 Å². The number of carbonyl (C=O) groups is 2. The first-order valence-corrected chi connectivity index (χ1v) is 9.41. The fourth-order valence-electron chi connectivity index (χ4n) is 2.73. The van der Waals surface area contributed by atoms with Crippen molar-refractivity contribution in [2.75, 3.05) is 11.9 Å². The molecule has 1 amide bonds. The molecule has 0 fully saturated rings. The molecule has 30 heavy (non-hydrogen) atoms. The van der Waals surface area contributed by atoms with E-state index in [1.54, 1.807) is 36.4 Å². The summed E-state index contributed by atoms with van der Waals surface area (Å²) in [7, 11) is 0. The van der Waals surface area contributed by atoms with Crippen molar-refractivity contribution in [3.05, 3.63) is 82.1 Å². The number of hydrogen-bond acceptors (Lipinski definition) is 6. The number of para-hydroxylation sites is 1. The van der Waals surface area contributed by atoms with E-state index in [4.69, 9.17) is 9.15 Å². The van der Waals surface area contributed by atoms with E-state index in [0.717, 1.165) is 12.8 Å². The normalized spacial score (nSPS) is 10.4. The molecule has 0 saturated heterocycles. The van der Waals surface area contributed by atoms with Crippen LogP contribution in [-0.4, -0.2) is 23.4 Å². The van der Waals surface area contributed by atoms with Gasteiger partial charge in [-0.2, -0.15) is 0 Å². The molecule has 0 aliphatic carbocycles. The van der Waals surface area contributed by atoms with Gasteiger partial charge in [-0.1, -0.05) is 37.6 Å². The Hall–Kier alpha value is -3.94. The predicted octanol–water partition coefficient (Wildman–Crippen LogP) is 5.06. The van der Waals surface area contributed by atoms with Gasteiger partial charge in [0.1, 0.15) is 5.76 Å². The van der Waals surface area contributed by atoms with Crippen LogP contribution < -0.4 is 5.32 Å². The Balaban J connectivity index is 1.76. The number of ether oxygens (including phenoxy) is 1. The number of rotatable bonds is 8. The van der Waals surface area contributed by atoms with Gasteiger partial charge >= 0.3 is 5.97 Å². The highest BCUT2D eigenvalue weighted by Crippen LogP contribution is 2.26. The van der Waals surface area contributed by atoms with Gasteiger partial charge in [0.2, 0.25) is 0 Å². The lowest BCUT2D eigenvalue weighted by atomic mass is 10.1. The summed E-state index contributed by atoms with van der Waals surface area (Å²) < 4.78 is 10.8. The summed E-state index contributed by atoms with van der Waals surface area (Å²) in [5.74, 6) is -0.752. The van der Waals surface area contributed by atoms with Crippen molar-refractivity contribution in [1.82, 2.24) is 0 Å². The molecule has 1 heterocycles. The number of esters is 1. The third kappa shape index (κ3) is 4.91. The SMILES string of the molecule is CCCCOC(=O)c1ccccc1NC(=O)c1ccc(-c2cccc([N+](=O)[O-])c2)o1. The first-order valence-electron chi connectivity index (χ1n) is 9.41. The lowest BCUT2D eigenvalue weighted by Crippen LogP contribution is -2.15. The molecule has 0 atom stereocenters. The Bertz CT molecular complexity index is 1070. The zero-order chi connectivity index (χ0) is 21.5. The van der Waals surface area contributed by atoms with Gasteiger partial charge < -0.3 is 14.5 Å². The summed E-state index contributed by atoms with van der Waals surface area (Å²) in [5, 5.41) is 13.6. The molecule has 0 bridgehead atoms. The van der Waals surface area contributed by atoms with E-state index < -0.39 is 16.8 Å². The maximum atomic E-state index is 12.6. The van der Waals surface area contributed by atoms with Gasteiger partial charge in [0.05, 0.1) is 22.8 Å². The zero-order valence-electron chi connectivity index (χ0n) is 16.3. The zero-order valence-corrected chi connectivity index (χ0v) is 16.3. The first-order chi connectivity index (χ1) is 14.5. The van der Waals surface area contributed by atoms with Crippen molar-refractivity contribution < 1.29 is 23.7 Å². The minimum atomic E-state index is -0.555. The van der Waals surface area contributed by atoms with Crippen LogP contribution in [0.2, 0.25) is 0 Å². The van der Waals surface area contributed by atoms with E-state index >= 15 is 0 Å². The number of nitrogens with one attached hydrogen (secondary N) is 1. The summed E-state index contributed by atoms with van der Waals surface area (Å²) >= 11 is 0. The molecule has 3 aromatic rings. The molecule has 154 valence electrons. The van der Waals surface area contributed by atoms with Crippen LogP contribution in [0.1, 0.15) is 40.7 Å². The molecule has 0 saturated carbocycles. The summed E-state index contributed by atoms with van der Waals surface area (Å²) in [6.07, 6.45) is 1.66. The number of benzene rings is 2. The number of amides is 1. The maximum absolute atomic E-state index is 12.6. The minimum absolute atomic E-state index is 0.00524. The van der Waals surface area contributed by atoms with Crippen LogP contribution in [-0.2, 0) is 4.74 Å². The molecule has 8 nitrogen and oxygen atoms in total. The molecule has 1 aromatic heterocycles. The van der Waals surface area contributed by atoms with Crippen molar-refractivity contribution in [2.24, 2.45) is 0 Å². The number of nitro benzene ring substituents is 1. The monoisotopic (exact) mass is 408 g/mol. The Labute approximate surface area is 172 Å². The molecular weight excluding hydrogens is 388 g/mol. The van der Waals surface area contributed by atoms with Crippen LogP contribution in [0.25, 0.3) is 11.3 Å². The van der Waals surface area contributed by atoms with Gasteiger partial charge in [0, 0.05) is 17.7 Å². The summed E-state index contributed by atoms with van der Waals surface area (Å²) in [5.41, 5.74) is 0.943. The quantitative estimate of drug-likeness (QED) is 0.241. The molecule has 1 N–H and O–H groups in total. The second-order valence-corrected chi connectivity index (χ2v) is 6.46. The van der Waals surface area contributed by atoms with Crippen molar-refractivity contribution in [3.63, 3.8) is 0 Å². The highest BCUT2D eigenvalue weighted by molar-refractivity contribution is 6.06. The average molecular weight is 408 g/mol. The number of nitrogens with zero attached hydrogens (tertiary/aromatic N) is 1. The lowest BCUT2D eigenvalue weighted by Gasteiger charge is -2.10. The van der Waals surface area contributed by atoms with Crippen LogP contribution in [0.3, 0.4) is 0 Å². The fourth-order valence-corrected chi connectivity index (χ4v) is 2.73. The minimum Gasteiger partial charge on any atom is -0.462 e. The smallest absolute Gasteiger partial charge is 0.340 e. The van der Waals surface area contributed by atoms with E-state index in [1.807, 2.05) is 6.92 Å². The Morgan fingerprint density at radius 2 is 1.90 bits per heavy atom. The van der Waals surface area contributed by atoms with Gasteiger partial charge in [-0.25, -0.2) is 4.79 Å². The molecule has 0 aliphatic rings. The number of unbranched alkanes of at least 4 members (excludes halogenated alkanes) is 1. The predicted molar refractivity (Wildman–Crippen MR) is 110 cm³/mol. The average Bonchev–Trinajstić information content (AvgIpc) is 3.25. The third-order valence-electron chi connectivity index (χ3n) is 4.30. The van der Waals surface area contributed by atoms with Crippen LogP contribution in [0, 0.1) is 10.1 Å². The molecule has 0 aliphatic heterocycles. The topological polar surface area (TPSA) is 112 Å². The number of furan rings is 1. The summed E-state index contributed by atoms with van der Waals surface area (Å²) in [6, 6.07) is 15.5. The van der Waals surface area contributed by atoms with Gasteiger partial charge in [0.15, 0.2) is 5.76 Å². The molecule has 0 radical (unpaired) electrons. The summed E-state index contributed by atoms with van der Waals surface area (Å²) in [6.45, 7) is 2.30. The largest absolute Gasteiger partial charge is 0.462 e. The van der Waals surface area contributed by atoms with Crippen LogP contribution in [0.15, 0.2) is 65.1 Å². The number of hydrogen-bond donors (Lipinski definition) is 1. The van der Waals surface area contributed by atoms with Gasteiger partial charge in [0.25, 0.3) is 11.6 Å².